The van der Waals surface area contributed by atoms with Crippen molar-refractivity contribution in [2.75, 3.05) is 14.2 Å². The topological polar surface area (TPSA) is 21.3 Å². The van der Waals surface area contributed by atoms with Gasteiger partial charge in [0.25, 0.3) is 0 Å². The quantitative estimate of drug-likeness (QED) is 0.860. The molecule has 1 aromatic heterocycles. The van der Waals surface area contributed by atoms with Crippen LogP contribution in [-0.4, -0.2) is 19.8 Å². The summed E-state index contributed by atoms with van der Waals surface area (Å²) in [5.74, 6) is 0. The van der Waals surface area contributed by atoms with Crippen molar-refractivity contribution >= 4 is 38.9 Å². The molecule has 1 aromatic rings. The fourth-order valence-electron chi connectivity index (χ4n) is 2.31. The van der Waals surface area contributed by atoms with Crippen LogP contribution in [0.15, 0.2) is 9.85 Å². The fourth-order valence-corrected chi connectivity index (χ4v) is 4.17. The number of methoxy groups -OCH3 is 1. The molecule has 5 heteroatoms. The zero-order chi connectivity index (χ0) is 12.5. The van der Waals surface area contributed by atoms with Crippen LogP contribution in [0.5, 0.6) is 0 Å². The molecule has 0 spiro atoms. The third-order valence-corrected chi connectivity index (χ3v) is 6.22. The van der Waals surface area contributed by atoms with Gasteiger partial charge < -0.3 is 10.1 Å². The number of halogens is 2. The first-order valence-electron chi connectivity index (χ1n) is 5.77. The van der Waals surface area contributed by atoms with Crippen molar-refractivity contribution in [1.82, 2.24) is 5.32 Å². The van der Waals surface area contributed by atoms with Gasteiger partial charge in [0, 0.05) is 18.0 Å². The van der Waals surface area contributed by atoms with Gasteiger partial charge in [-0.1, -0.05) is 11.6 Å². The lowest BCUT2D eigenvalue weighted by Gasteiger charge is -2.42. The molecule has 0 amide bonds. The van der Waals surface area contributed by atoms with Crippen LogP contribution in [0.2, 0.25) is 5.02 Å². The minimum absolute atomic E-state index is 0.0800. The molecule has 1 N–H and O–H groups in total. The Bertz CT molecular complexity index is 367. The maximum absolute atomic E-state index is 6.09. The molecule has 96 valence electrons. The van der Waals surface area contributed by atoms with Crippen molar-refractivity contribution in [3.8, 4) is 0 Å². The Kier molecular flexibility index (Phi) is 4.53. The summed E-state index contributed by atoms with van der Waals surface area (Å²) in [5.41, 5.74) is 0.0800. The van der Waals surface area contributed by atoms with Gasteiger partial charge in [-0.3, -0.25) is 0 Å². The van der Waals surface area contributed by atoms with Gasteiger partial charge in [0.15, 0.2) is 0 Å². The summed E-state index contributed by atoms with van der Waals surface area (Å²) in [6.45, 7) is 0. The third kappa shape index (κ3) is 2.87. The van der Waals surface area contributed by atoms with Gasteiger partial charge in [-0.2, -0.15) is 0 Å². The van der Waals surface area contributed by atoms with Crippen LogP contribution in [0.3, 0.4) is 0 Å². The highest BCUT2D eigenvalue weighted by Gasteiger charge is 2.39. The number of hydrogen-bond donors (Lipinski definition) is 1. The molecule has 0 aromatic carbocycles. The Hall–Kier alpha value is 0.390. The predicted molar refractivity (Wildman–Crippen MR) is 77.0 cm³/mol. The van der Waals surface area contributed by atoms with E-state index in [1.165, 1.54) is 24.1 Å². The van der Waals surface area contributed by atoms with E-state index in [2.05, 4.69) is 21.2 Å². The van der Waals surface area contributed by atoms with E-state index in [0.717, 1.165) is 15.2 Å². The summed E-state index contributed by atoms with van der Waals surface area (Å²) in [5, 5.41) is 4.16. The molecule has 2 nitrogen and oxygen atoms in total. The molecular weight excluding hydrogens is 322 g/mol. The minimum Gasteiger partial charge on any atom is -0.378 e. The number of nitrogens with one attached hydrogen (secondary N) is 1. The van der Waals surface area contributed by atoms with Crippen molar-refractivity contribution in [1.29, 1.82) is 0 Å². The standard InChI is InChI=1S/C12H17BrClNOS/c1-15-9(7-12(16-2)4-3-5-12)10-6-8(14)11(13)17-10/h6,9,15H,3-5,7H2,1-2H3. The second-order valence-electron chi connectivity index (χ2n) is 4.56. The Balaban J connectivity index is 2.11. The van der Waals surface area contributed by atoms with Gasteiger partial charge >= 0.3 is 0 Å². The largest absolute Gasteiger partial charge is 0.378 e. The molecule has 1 heterocycles. The van der Waals surface area contributed by atoms with E-state index in [0.29, 0.717) is 6.04 Å². The van der Waals surface area contributed by atoms with E-state index < -0.39 is 0 Å². The second kappa shape index (κ2) is 5.57. The molecule has 1 unspecified atom stereocenters. The van der Waals surface area contributed by atoms with Crippen LogP contribution in [0.4, 0.5) is 0 Å². The first-order valence-corrected chi connectivity index (χ1v) is 7.76. The number of ether oxygens (including phenoxy) is 1. The van der Waals surface area contributed by atoms with Gasteiger partial charge in [-0.25, -0.2) is 0 Å². The smallest absolute Gasteiger partial charge is 0.0887 e. The zero-order valence-corrected chi connectivity index (χ0v) is 13.2. The Labute approximate surface area is 120 Å². The van der Waals surface area contributed by atoms with E-state index in [1.807, 2.05) is 20.2 Å². The van der Waals surface area contributed by atoms with Gasteiger partial charge in [-0.05, 0) is 54.7 Å². The first-order chi connectivity index (χ1) is 8.10. The highest BCUT2D eigenvalue weighted by molar-refractivity contribution is 9.11. The lowest BCUT2D eigenvalue weighted by Crippen LogP contribution is -2.42. The molecular formula is C12H17BrClNOS. The maximum atomic E-state index is 6.09. The van der Waals surface area contributed by atoms with Crippen molar-refractivity contribution < 1.29 is 4.74 Å². The second-order valence-corrected chi connectivity index (χ2v) is 7.37. The normalized spacial score (nSPS) is 20.0. The number of rotatable bonds is 5. The average Bonchev–Trinajstić information content (AvgIpc) is 2.59. The number of thiophene rings is 1. The molecule has 0 aliphatic heterocycles. The van der Waals surface area contributed by atoms with Crippen molar-refractivity contribution in [3.05, 3.63) is 19.8 Å². The van der Waals surface area contributed by atoms with Crippen molar-refractivity contribution in [2.24, 2.45) is 0 Å². The summed E-state index contributed by atoms with van der Waals surface area (Å²) in [6, 6.07) is 2.36. The molecule has 1 fully saturated rings. The van der Waals surface area contributed by atoms with Crippen LogP contribution in [0.1, 0.15) is 36.6 Å². The predicted octanol–water partition coefficient (Wildman–Crippen LogP) is 4.38. The average molecular weight is 339 g/mol. The van der Waals surface area contributed by atoms with E-state index in [-0.39, 0.29) is 5.60 Å². The van der Waals surface area contributed by atoms with Crippen LogP contribution in [-0.2, 0) is 4.74 Å². The Morgan fingerprint density at radius 1 is 1.65 bits per heavy atom. The molecule has 0 saturated heterocycles. The fraction of sp³-hybridized carbons (Fsp3) is 0.667. The molecule has 0 radical (unpaired) electrons. The third-order valence-electron chi connectivity index (χ3n) is 3.63. The zero-order valence-electron chi connectivity index (χ0n) is 10.1. The highest BCUT2D eigenvalue weighted by Crippen LogP contribution is 2.44. The number of hydrogen-bond acceptors (Lipinski definition) is 3. The first kappa shape index (κ1) is 13.8. The molecule has 1 aliphatic rings. The molecule has 17 heavy (non-hydrogen) atoms. The van der Waals surface area contributed by atoms with Crippen LogP contribution < -0.4 is 5.32 Å². The monoisotopic (exact) mass is 337 g/mol. The summed E-state index contributed by atoms with van der Waals surface area (Å²) < 4.78 is 6.69. The van der Waals surface area contributed by atoms with Crippen LogP contribution >= 0.6 is 38.9 Å². The lowest BCUT2D eigenvalue weighted by atomic mass is 9.75. The van der Waals surface area contributed by atoms with Gasteiger partial charge in [0.05, 0.1) is 14.4 Å². The van der Waals surface area contributed by atoms with Crippen molar-refractivity contribution in [3.63, 3.8) is 0 Å². The molecule has 2 rings (SSSR count). The molecule has 0 bridgehead atoms. The minimum atomic E-state index is 0.0800. The van der Waals surface area contributed by atoms with Crippen molar-refractivity contribution in [2.45, 2.75) is 37.3 Å². The van der Waals surface area contributed by atoms with E-state index in [4.69, 9.17) is 16.3 Å². The lowest BCUT2D eigenvalue weighted by molar-refractivity contribution is -0.0832. The summed E-state index contributed by atoms with van der Waals surface area (Å²) in [6.07, 6.45) is 4.63. The maximum Gasteiger partial charge on any atom is 0.0887 e. The molecule has 1 aliphatic carbocycles. The van der Waals surface area contributed by atoms with Crippen LogP contribution in [0, 0.1) is 0 Å². The van der Waals surface area contributed by atoms with Gasteiger partial charge in [-0.15, -0.1) is 11.3 Å². The Morgan fingerprint density at radius 3 is 2.71 bits per heavy atom. The van der Waals surface area contributed by atoms with E-state index in [9.17, 15) is 0 Å². The summed E-state index contributed by atoms with van der Waals surface area (Å²) >= 11 is 11.3. The van der Waals surface area contributed by atoms with Gasteiger partial charge in [0.1, 0.15) is 0 Å². The SMILES string of the molecule is CNC(CC1(OC)CCC1)c1cc(Cl)c(Br)s1. The summed E-state index contributed by atoms with van der Waals surface area (Å²) in [7, 11) is 3.82. The van der Waals surface area contributed by atoms with Crippen LogP contribution in [0.25, 0.3) is 0 Å². The molecule has 1 atom stereocenters. The van der Waals surface area contributed by atoms with E-state index >= 15 is 0 Å². The highest BCUT2D eigenvalue weighted by atomic mass is 79.9. The summed E-state index contributed by atoms with van der Waals surface area (Å²) in [4.78, 5) is 1.27. The van der Waals surface area contributed by atoms with Gasteiger partial charge in [0.2, 0.25) is 0 Å². The Morgan fingerprint density at radius 2 is 2.35 bits per heavy atom. The molecule has 1 saturated carbocycles. The van der Waals surface area contributed by atoms with E-state index in [1.54, 1.807) is 11.3 Å².